The Morgan fingerprint density at radius 1 is 1.12 bits per heavy atom. The molecule has 1 N–H and O–H groups in total. The van der Waals surface area contributed by atoms with E-state index in [1.165, 1.54) is 6.07 Å². The lowest BCUT2D eigenvalue weighted by atomic mass is 9.95. The highest BCUT2D eigenvalue weighted by Crippen LogP contribution is 2.28. The molecular weight excluding hydrogens is 398 g/mol. The molecule has 1 aliphatic rings. The van der Waals surface area contributed by atoms with Crippen molar-refractivity contribution in [1.82, 2.24) is 4.90 Å². The number of rotatable bonds is 4. The number of halogens is 4. The first-order valence-corrected chi connectivity index (χ1v) is 9.48. The van der Waals surface area contributed by atoms with E-state index in [2.05, 4.69) is 10.2 Å². The summed E-state index contributed by atoms with van der Waals surface area (Å²) in [6, 6.07) is 9.67. The summed E-state index contributed by atoms with van der Waals surface area (Å²) in [5.74, 6) is -0.457. The minimum Gasteiger partial charge on any atom is -0.325 e. The Kier molecular flexibility index (Phi) is 6.41. The Labute approximate surface area is 167 Å². The number of carbonyl (C=O) groups excluding carboxylic acids is 1. The van der Waals surface area contributed by atoms with Crippen molar-refractivity contribution in [2.75, 3.05) is 18.4 Å². The van der Waals surface area contributed by atoms with Crippen LogP contribution in [0.25, 0.3) is 0 Å². The number of hydrogen-bond acceptors (Lipinski definition) is 2. The number of carbonyl (C=O) groups is 1. The predicted molar refractivity (Wildman–Crippen MR) is 105 cm³/mol. The lowest BCUT2D eigenvalue weighted by Gasteiger charge is -2.31. The summed E-state index contributed by atoms with van der Waals surface area (Å²) in [4.78, 5) is 14.6. The standard InChI is InChI=1S/C19H18Cl3FN2O/c20-13-4-5-18(16(22)10-13)24-19(26)12-6-8-25(9-7-12)11-14-15(21)2-1-3-17(14)23/h1-5,10,12H,6-9,11H2,(H,24,26). The van der Waals surface area contributed by atoms with Gasteiger partial charge in [-0.2, -0.15) is 0 Å². The third-order valence-electron chi connectivity index (χ3n) is 4.59. The molecule has 1 amide bonds. The fourth-order valence-corrected chi connectivity index (χ4v) is 3.76. The molecule has 2 aromatic rings. The molecule has 0 saturated carbocycles. The van der Waals surface area contributed by atoms with Gasteiger partial charge in [-0.1, -0.05) is 40.9 Å². The zero-order valence-electron chi connectivity index (χ0n) is 13.9. The molecule has 0 atom stereocenters. The molecule has 7 heteroatoms. The van der Waals surface area contributed by atoms with Crippen LogP contribution in [0.1, 0.15) is 18.4 Å². The Balaban J connectivity index is 1.55. The van der Waals surface area contributed by atoms with Crippen molar-refractivity contribution < 1.29 is 9.18 Å². The van der Waals surface area contributed by atoms with Crippen LogP contribution in [0.3, 0.4) is 0 Å². The highest BCUT2D eigenvalue weighted by molar-refractivity contribution is 6.36. The summed E-state index contributed by atoms with van der Waals surface area (Å²) in [7, 11) is 0. The van der Waals surface area contributed by atoms with Crippen LogP contribution < -0.4 is 5.32 Å². The molecule has 1 saturated heterocycles. The monoisotopic (exact) mass is 414 g/mol. The van der Waals surface area contributed by atoms with E-state index in [0.29, 0.717) is 58.8 Å². The Hall–Kier alpha value is -1.33. The highest BCUT2D eigenvalue weighted by atomic mass is 35.5. The number of nitrogens with zero attached hydrogens (tertiary/aromatic N) is 1. The van der Waals surface area contributed by atoms with E-state index in [9.17, 15) is 9.18 Å². The van der Waals surface area contributed by atoms with E-state index in [0.717, 1.165) is 0 Å². The molecular formula is C19H18Cl3FN2O. The quantitative estimate of drug-likeness (QED) is 0.701. The van der Waals surface area contributed by atoms with Gasteiger partial charge in [0.25, 0.3) is 0 Å². The van der Waals surface area contributed by atoms with Crippen molar-refractivity contribution in [2.45, 2.75) is 19.4 Å². The van der Waals surface area contributed by atoms with Gasteiger partial charge in [0.1, 0.15) is 5.82 Å². The second kappa shape index (κ2) is 8.57. The zero-order chi connectivity index (χ0) is 18.7. The van der Waals surface area contributed by atoms with E-state index in [1.54, 1.807) is 30.3 Å². The van der Waals surface area contributed by atoms with Crippen molar-refractivity contribution in [3.8, 4) is 0 Å². The second-order valence-corrected chi connectivity index (χ2v) is 7.61. The molecule has 1 aliphatic heterocycles. The van der Waals surface area contributed by atoms with Crippen LogP contribution >= 0.6 is 34.8 Å². The third kappa shape index (κ3) is 4.68. The molecule has 1 fully saturated rings. The average Bonchev–Trinajstić information content (AvgIpc) is 2.61. The maximum Gasteiger partial charge on any atom is 0.227 e. The van der Waals surface area contributed by atoms with Crippen LogP contribution in [0.5, 0.6) is 0 Å². The lowest BCUT2D eigenvalue weighted by Crippen LogP contribution is -2.38. The lowest BCUT2D eigenvalue weighted by molar-refractivity contribution is -0.121. The molecule has 0 spiro atoms. The fourth-order valence-electron chi connectivity index (χ4n) is 3.09. The van der Waals surface area contributed by atoms with Gasteiger partial charge in [-0.25, -0.2) is 4.39 Å². The minimum absolute atomic E-state index is 0.0576. The number of nitrogens with one attached hydrogen (secondary N) is 1. The van der Waals surface area contributed by atoms with Gasteiger partial charge in [0.2, 0.25) is 5.91 Å². The molecule has 0 bridgehead atoms. The summed E-state index contributed by atoms with van der Waals surface area (Å²) >= 11 is 18.1. The van der Waals surface area contributed by atoms with Gasteiger partial charge in [-0.15, -0.1) is 0 Å². The maximum absolute atomic E-state index is 13.9. The van der Waals surface area contributed by atoms with Crippen molar-refractivity contribution in [1.29, 1.82) is 0 Å². The Morgan fingerprint density at radius 2 is 1.85 bits per heavy atom. The Morgan fingerprint density at radius 3 is 2.50 bits per heavy atom. The molecule has 0 radical (unpaired) electrons. The van der Waals surface area contributed by atoms with Crippen molar-refractivity contribution in [3.63, 3.8) is 0 Å². The van der Waals surface area contributed by atoms with Crippen molar-refractivity contribution in [2.24, 2.45) is 5.92 Å². The second-order valence-electron chi connectivity index (χ2n) is 6.36. The van der Waals surface area contributed by atoms with Crippen LogP contribution in [-0.4, -0.2) is 23.9 Å². The smallest absolute Gasteiger partial charge is 0.227 e. The number of hydrogen-bond donors (Lipinski definition) is 1. The molecule has 0 unspecified atom stereocenters. The molecule has 3 nitrogen and oxygen atoms in total. The first-order chi connectivity index (χ1) is 12.4. The maximum atomic E-state index is 13.9. The van der Waals surface area contributed by atoms with Crippen LogP contribution in [0.4, 0.5) is 10.1 Å². The Bertz CT molecular complexity index is 787. The average molecular weight is 416 g/mol. The van der Waals surface area contributed by atoms with Gasteiger partial charge in [0.15, 0.2) is 0 Å². The van der Waals surface area contributed by atoms with Crippen LogP contribution in [0.2, 0.25) is 15.1 Å². The zero-order valence-corrected chi connectivity index (χ0v) is 16.2. The largest absolute Gasteiger partial charge is 0.325 e. The number of likely N-dealkylation sites (tertiary alicyclic amines) is 1. The van der Waals surface area contributed by atoms with E-state index in [4.69, 9.17) is 34.8 Å². The SMILES string of the molecule is O=C(Nc1ccc(Cl)cc1Cl)C1CCN(Cc2c(F)cccc2Cl)CC1. The highest BCUT2D eigenvalue weighted by Gasteiger charge is 2.26. The van der Waals surface area contributed by atoms with E-state index in [1.807, 2.05) is 0 Å². The molecule has 0 aliphatic carbocycles. The summed E-state index contributed by atoms with van der Waals surface area (Å²) in [5, 5.41) is 4.23. The van der Waals surface area contributed by atoms with Crippen molar-refractivity contribution >= 4 is 46.4 Å². The third-order valence-corrected chi connectivity index (χ3v) is 5.49. The van der Waals surface area contributed by atoms with Gasteiger partial charge in [0.05, 0.1) is 10.7 Å². The first-order valence-electron chi connectivity index (χ1n) is 8.35. The molecule has 0 aromatic heterocycles. The van der Waals surface area contributed by atoms with E-state index < -0.39 is 0 Å². The number of anilines is 1. The van der Waals surface area contributed by atoms with Gasteiger partial charge in [-0.3, -0.25) is 9.69 Å². The molecule has 1 heterocycles. The van der Waals surface area contributed by atoms with Gasteiger partial charge in [-0.05, 0) is 56.3 Å². The summed E-state index contributed by atoms with van der Waals surface area (Å²) < 4.78 is 13.9. The summed E-state index contributed by atoms with van der Waals surface area (Å²) in [6.07, 6.45) is 1.40. The topological polar surface area (TPSA) is 32.3 Å². The summed E-state index contributed by atoms with van der Waals surface area (Å²) in [5.41, 5.74) is 1.06. The van der Waals surface area contributed by atoms with E-state index in [-0.39, 0.29) is 17.6 Å². The number of piperidine rings is 1. The van der Waals surface area contributed by atoms with Gasteiger partial charge in [0, 0.05) is 28.1 Å². The van der Waals surface area contributed by atoms with E-state index >= 15 is 0 Å². The molecule has 138 valence electrons. The molecule has 3 rings (SSSR count). The predicted octanol–water partition coefficient (Wildman–Crippen LogP) is 5.64. The van der Waals surface area contributed by atoms with Crippen molar-refractivity contribution in [3.05, 3.63) is 62.8 Å². The summed E-state index contributed by atoms with van der Waals surface area (Å²) in [6.45, 7) is 1.86. The molecule has 2 aromatic carbocycles. The van der Waals surface area contributed by atoms with Crippen LogP contribution in [-0.2, 0) is 11.3 Å². The van der Waals surface area contributed by atoms with Gasteiger partial charge >= 0.3 is 0 Å². The number of amides is 1. The first kappa shape index (κ1) is 19.4. The van der Waals surface area contributed by atoms with Crippen LogP contribution in [0, 0.1) is 11.7 Å². The normalized spacial score (nSPS) is 15.8. The molecule has 26 heavy (non-hydrogen) atoms. The minimum atomic E-state index is -0.297. The number of benzene rings is 2. The fraction of sp³-hybridized carbons (Fsp3) is 0.316. The van der Waals surface area contributed by atoms with Gasteiger partial charge < -0.3 is 5.32 Å². The van der Waals surface area contributed by atoms with Crippen LogP contribution in [0.15, 0.2) is 36.4 Å².